The average molecular weight is 315 g/mol. The Hall–Kier alpha value is -1.37. The highest BCUT2D eigenvalue weighted by atomic mass is 79.9. The minimum Gasteiger partial charge on any atom is -0.326 e. The number of nitrogens with one attached hydrogen (secondary N) is 1. The molecule has 2 heterocycles. The Kier molecular flexibility index (Phi) is 3.70. The number of carbonyl (C=O) groups excluding carboxylic acids is 2. The van der Waals surface area contributed by atoms with Gasteiger partial charge in [0.25, 0.3) is 5.91 Å². The van der Waals surface area contributed by atoms with E-state index in [4.69, 9.17) is 0 Å². The summed E-state index contributed by atoms with van der Waals surface area (Å²) < 4.78 is 2.56. The molecule has 2 rings (SSSR count). The summed E-state index contributed by atoms with van der Waals surface area (Å²) in [5.41, 5.74) is 0. The van der Waals surface area contributed by atoms with Gasteiger partial charge in [0.1, 0.15) is 6.04 Å². The van der Waals surface area contributed by atoms with E-state index in [-0.39, 0.29) is 17.9 Å². The standard InChI is InChI=1S/C11H15BrN4O2/c1-7(2)9-10(17)16(11(18)14-9)4-3-15-6-8(12)5-13-15/h5-7,9H,3-4H2,1-2H3,(H,14,18)/t9-/m0/s1. The van der Waals surface area contributed by atoms with Crippen molar-refractivity contribution in [2.24, 2.45) is 5.92 Å². The van der Waals surface area contributed by atoms with Crippen LogP contribution in [0.1, 0.15) is 13.8 Å². The predicted molar refractivity (Wildman–Crippen MR) is 68.8 cm³/mol. The quantitative estimate of drug-likeness (QED) is 0.850. The second-order valence-electron chi connectivity index (χ2n) is 4.58. The maximum atomic E-state index is 12.0. The maximum Gasteiger partial charge on any atom is 0.324 e. The molecule has 98 valence electrons. The van der Waals surface area contributed by atoms with E-state index in [9.17, 15) is 9.59 Å². The predicted octanol–water partition coefficient (Wildman–Crippen LogP) is 1.22. The lowest BCUT2D eigenvalue weighted by molar-refractivity contribution is -0.128. The van der Waals surface area contributed by atoms with Crippen molar-refractivity contribution in [3.05, 3.63) is 16.9 Å². The fourth-order valence-corrected chi connectivity index (χ4v) is 2.20. The monoisotopic (exact) mass is 314 g/mol. The molecule has 0 saturated carbocycles. The number of urea groups is 1. The van der Waals surface area contributed by atoms with Gasteiger partial charge in [0, 0.05) is 6.20 Å². The lowest BCUT2D eigenvalue weighted by Crippen LogP contribution is -2.35. The van der Waals surface area contributed by atoms with E-state index in [1.807, 2.05) is 13.8 Å². The van der Waals surface area contributed by atoms with Crippen molar-refractivity contribution in [3.8, 4) is 0 Å². The number of imide groups is 1. The number of nitrogens with zero attached hydrogens (tertiary/aromatic N) is 3. The molecule has 18 heavy (non-hydrogen) atoms. The fourth-order valence-electron chi connectivity index (χ4n) is 1.87. The summed E-state index contributed by atoms with van der Waals surface area (Å²) >= 11 is 3.29. The van der Waals surface area contributed by atoms with Gasteiger partial charge in [-0.05, 0) is 21.8 Å². The Balaban J connectivity index is 1.97. The van der Waals surface area contributed by atoms with E-state index in [2.05, 4.69) is 26.3 Å². The molecule has 1 saturated heterocycles. The summed E-state index contributed by atoms with van der Waals surface area (Å²) in [5.74, 6) is -0.0495. The molecule has 0 spiro atoms. The summed E-state index contributed by atoms with van der Waals surface area (Å²) in [6, 6.07) is -0.716. The van der Waals surface area contributed by atoms with Crippen molar-refractivity contribution in [1.29, 1.82) is 0 Å². The molecule has 6 nitrogen and oxygen atoms in total. The first-order valence-electron chi connectivity index (χ1n) is 5.79. The van der Waals surface area contributed by atoms with Gasteiger partial charge in [-0.15, -0.1) is 0 Å². The fraction of sp³-hybridized carbons (Fsp3) is 0.545. The third-order valence-electron chi connectivity index (χ3n) is 2.88. The van der Waals surface area contributed by atoms with E-state index < -0.39 is 6.04 Å². The summed E-state index contributed by atoms with van der Waals surface area (Å²) in [6.07, 6.45) is 3.47. The molecule has 0 bridgehead atoms. The highest BCUT2D eigenvalue weighted by Crippen LogP contribution is 2.14. The van der Waals surface area contributed by atoms with Crippen LogP contribution in [0, 0.1) is 5.92 Å². The van der Waals surface area contributed by atoms with Crippen LogP contribution in [0.4, 0.5) is 4.79 Å². The first-order valence-corrected chi connectivity index (χ1v) is 6.58. The normalized spacial score (nSPS) is 19.8. The zero-order chi connectivity index (χ0) is 13.3. The second kappa shape index (κ2) is 5.09. The van der Waals surface area contributed by atoms with E-state index in [1.165, 1.54) is 4.90 Å². The van der Waals surface area contributed by atoms with Crippen molar-refractivity contribution in [1.82, 2.24) is 20.0 Å². The van der Waals surface area contributed by atoms with Gasteiger partial charge in [-0.2, -0.15) is 5.10 Å². The Morgan fingerprint density at radius 2 is 2.17 bits per heavy atom. The number of halogens is 1. The van der Waals surface area contributed by atoms with Gasteiger partial charge < -0.3 is 5.32 Å². The molecule has 3 amide bonds. The van der Waals surface area contributed by atoms with Gasteiger partial charge in [-0.3, -0.25) is 14.4 Å². The molecule has 7 heteroatoms. The molecule has 0 aromatic carbocycles. The molecule has 0 unspecified atom stereocenters. The number of carbonyl (C=O) groups is 2. The van der Waals surface area contributed by atoms with Crippen LogP contribution in [0.25, 0.3) is 0 Å². The summed E-state index contributed by atoms with van der Waals surface area (Å²) in [4.78, 5) is 24.9. The van der Waals surface area contributed by atoms with E-state index in [0.717, 1.165) is 4.47 Å². The van der Waals surface area contributed by atoms with Crippen molar-refractivity contribution >= 4 is 27.9 Å². The van der Waals surface area contributed by atoms with E-state index >= 15 is 0 Å². The number of rotatable bonds is 4. The highest BCUT2D eigenvalue weighted by molar-refractivity contribution is 9.10. The average Bonchev–Trinajstić information content (AvgIpc) is 2.82. The first kappa shape index (κ1) is 13.1. The van der Waals surface area contributed by atoms with Gasteiger partial charge in [0.05, 0.1) is 23.8 Å². The Labute approximate surface area is 113 Å². The Morgan fingerprint density at radius 3 is 2.67 bits per heavy atom. The van der Waals surface area contributed by atoms with Gasteiger partial charge in [0.15, 0.2) is 0 Å². The molecular formula is C11H15BrN4O2. The SMILES string of the molecule is CC(C)[C@@H]1NC(=O)N(CCn2cc(Br)cn2)C1=O. The Morgan fingerprint density at radius 1 is 1.44 bits per heavy atom. The van der Waals surface area contributed by atoms with Crippen LogP contribution in [0.15, 0.2) is 16.9 Å². The second-order valence-corrected chi connectivity index (χ2v) is 5.50. The lowest BCUT2D eigenvalue weighted by atomic mass is 10.1. The maximum absolute atomic E-state index is 12.0. The van der Waals surface area contributed by atoms with Crippen LogP contribution in [0.5, 0.6) is 0 Å². The number of aromatic nitrogens is 2. The molecule has 1 fully saturated rings. The topological polar surface area (TPSA) is 67.2 Å². The minimum atomic E-state index is -0.401. The van der Waals surface area contributed by atoms with Crippen LogP contribution in [-0.2, 0) is 11.3 Å². The molecule has 0 aliphatic carbocycles. The van der Waals surface area contributed by atoms with E-state index in [0.29, 0.717) is 13.1 Å². The highest BCUT2D eigenvalue weighted by Gasteiger charge is 2.39. The molecule has 1 aromatic heterocycles. The first-order chi connectivity index (χ1) is 8.49. The van der Waals surface area contributed by atoms with Crippen molar-refractivity contribution < 1.29 is 9.59 Å². The van der Waals surface area contributed by atoms with Crippen LogP contribution in [0.2, 0.25) is 0 Å². The summed E-state index contributed by atoms with van der Waals surface area (Å²) in [5, 5.41) is 6.77. The van der Waals surface area contributed by atoms with E-state index in [1.54, 1.807) is 17.1 Å². The van der Waals surface area contributed by atoms with Crippen LogP contribution in [-0.4, -0.2) is 39.2 Å². The zero-order valence-corrected chi connectivity index (χ0v) is 11.8. The van der Waals surface area contributed by atoms with Crippen LogP contribution < -0.4 is 5.32 Å². The molecule has 1 aliphatic heterocycles. The third-order valence-corrected chi connectivity index (χ3v) is 3.29. The number of amides is 3. The van der Waals surface area contributed by atoms with Gasteiger partial charge in [0.2, 0.25) is 0 Å². The minimum absolute atomic E-state index is 0.102. The molecule has 1 atom stereocenters. The van der Waals surface area contributed by atoms with Crippen LogP contribution >= 0.6 is 15.9 Å². The third kappa shape index (κ3) is 2.55. The molecule has 1 N–H and O–H groups in total. The zero-order valence-electron chi connectivity index (χ0n) is 10.3. The number of hydrogen-bond donors (Lipinski definition) is 1. The lowest BCUT2D eigenvalue weighted by Gasteiger charge is -2.14. The van der Waals surface area contributed by atoms with Crippen molar-refractivity contribution in [2.75, 3.05) is 6.54 Å². The van der Waals surface area contributed by atoms with Crippen molar-refractivity contribution in [2.45, 2.75) is 26.4 Å². The van der Waals surface area contributed by atoms with Gasteiger partial charge in [-0.1, -0.05) is 13.8 Å². The molecule has 1 aromatic rings. The summed E-state index contributed by atoms with van der Waals surface area (Å²) in [7, 11) is 0. The van der Waals surface area contributed by atoms with Gasteiger partial charge >= 0.3 is 6.03 Å². The van der Waals surface area contributed by atoms with Crippen molar-refractivity contribution in [3.63, 3.8) is 0 Å². The summed E-state index contributed by atoms with van der Waals surface area (Å²) in [6.45, 7) is 4.66. The largest absolute Gasteiger partial charge is 0.326 e. The van der Waals surface area contributed by atoms with Crippen LogP contribution in [0.3, 0.4) is 0 Å². The van der Waals surface area contributed by atoms with Gasteiger partial charge in [-0.25, -0.2) is 4.79 Å². The molecular weight excluding hydrogens is 300 g/mol. The smallest absolute Gasteiger partial charge is 0.324 e. The molecule has 0 radical (unpaired) electrons. The molecule has 1 aliphatic rings. The number of hydrogen-bond acceptors (Lipinski definition) is 3. The Bertz CT molecular complexity index is 471.